The van der Waals surface area contributed by atoms with E-state index in [1.54, 1.807) is 23.1 Å². The van der Waals surface area contributed by atoms with Gasteiger partial charge in [0, 0.05) is 17.5 Å². The van der Waals surface area contributed by atoms with E-state index in [0.29, 0.717) is 11.3 Å². The third-order valence-corrected chi connectivity index (χ3v) is 2.97. The standard InChI is InChI=1S/C13H17N5O/c1-3-9-7-10(4-2)18(16-9)12-8-15-6-5-11(12)13(14)17-19/h5-8,19H,3-4H2,1-2H3,(H2,14,17). The Kier molecular flexibility index (Phi) is 3.79. The Morgan fingerprint density at radius 3 is 2.84 bits per heavy atom. The van der Waals surface area contributed by atoms with E-state index in [9.17, 15) is 0 Å². The second kappa shape index (κ2) is 5.51. The fourth-order valence-electron chi connectivity index (χ4n) is 1.93. The average Bonchev–Trinajstić information content (AvgIpc) is 2.89. The molecule has 0 fully saturated rings. The molecule has 0 spiro atoms. The zero-order valence-corrected chi connectivity index (χ0v) is 11.0. The number of aryl methyl sites for hydroxylation is 2. The number of hydrogen-bond acceptors (Lipinski definition) is 4. The number of pyridine rings is 1. The van der Waals surface area contributed by atoms with Gasteiger partial charge in [0.1, 0.15) is 0 Å². The molecule has 100 valence electrons. The van der Waals surface area contributed by atoms with E-state index in [0.717, 1.165) is 24.2 Å². The molecule has 0 radical (unpaired) electrons. The highest BCUT2D eigenvalue weighted by molar-refractivity contribution is 6.00. The van der Waals surface area contributed by atoms with Gasteiger partial charge in [0.2, 0.25) is 0 Å². The number of oxime groups is 1. The van der Waals surface area contributed by atoms with Crippen LogP contribution in [0.3, 0.4) is 0 Å². The molecule has 2 rings (SSSR count). The van der Waals surface area contributed by atoms with Crippen LogP contribution in [0.4, 0.5) is 0 Å². The topological polar surface area (TPSA) is 89.3 Å². The molecule has 0 saturated carbocycles. The second-order valence-corrected chi connectivity index (χ2v) is 4.12. The number of nitrogens with two attached hydrogens (primary N) is 1. The molecule has 2 aromatic rings. The highest BCUT2D eigenvalue weighted by Crippen LogP contribution is 2.17. The number of hydrogen-bond donors (Lipinski definition) is 2. The van der Waals surface area contributed by atoms with E-state index in [2.05, 4.69) is 35.2 Å². The van der Waals surface area contributed by atoms with Crippen molar-refractivity contribution in [2.75, 3.05) is 0 Å². The summed E-state index contributed by atoms with van der Waals surface area (Å²) in [5.74, 6) is 0.0491. The molecule has 0 saturated heterocycles. The zero-order chi connectivity index (χ0) is 13.8. The highest BCUT2D eigenvalue weighted by atomic mass is 16.4. The van der Waals surface area contributed by atoms with Crippen molar-refractivity contribution < 1.29 is 5.21 Å². The SMILES string of the molecule is CCc1cc(CC)n(-c2cnccc2/C(N)=N/O)n1. The normalized spacial score (nSPS) is 11.8. The van der Waals surface area contributed by atoms with Crippen LogP contribution in [0.25, 0.3) is 5.69 Å². The summed E-state index contributed by atoms with van der Waals surface area (Å²) in [6.45, 7) is 4.12. The Morgan fingerprint density at radius 2 is 2.21 bits per heavy atom. The second-order valence-electron chi connectivity index (χ2n) is 4.12. The van der Waals surface area contributed by atoms with Crippen LogP contribution in [0, 0.1) is 0 Å². The van der Waals surface area contributed by atoms with Crippen molar-refractivity contribution in [3.8, 4) is 5.69 Å². The van der Waals surface area contributed by atoms with E-state index in [1.165, 1.54) is 0 Å². The molecule has 0 amide bonds. The third-order valence-electron chi connectivity index (χ3n) is 2.97. The summed E-state index contributed by atoms with van der Waals surface area (Å²) in [4.78, 5) is 4.10. The Morgan fingerprint density at radius 1 is 1.42 bits per heavy atom. The van der Waals surface area contributed by atoms with Crippen molar-refractivity contribution in [1.29, 1.82) is 0 Å². The van der Waals surface area contributed by atoms with Gasteiger partial charge in [0.25, 0.3) is 0 Å². The zero-order valence-electron chi connectivity index (χ0n) is 11.0. The van der Waals surface area contributed by atoms with E-state index in [-0.39, 0.29) is 5.84 Å². The number of rotatable bonds is 4. The maximum absolute atomic E-state index is 8.85. The Labute approximate surface area is 111 Å². The van der Waals surface area contributed by atoms with E-state index >= 15 is 0 Å². The summed E-state index contributed by atoms with van der Waals surface area (Å²) in [6, 6.07) is 3.76. The van der Waals surface area contributed by atoms with Gasteiger partial charge in [-0.2, -0.15) is 5.10 Å². The van der Waals surface area contributed by atoms with Crippen molar-refractivity contribution in [2.45, 2.75) is 26.7 Å². The molecule has 2 heterocycles. The van der Waals surface area contributed by atoms with Crippen LogP contribution in [-0.2, 0) is 12.8 Å². The van der Waals surface area contributed by atoms with Gasteiger partial charge in [-0.3, -0.25) is 4.98 Å². The van der Waals surface area contributed by atoms with Crippen LogP contribution in [-0.4, -0.2) is 25.8 Å². The maximum Gasteiger partial charge on any atom is 0.172 e. The fraction of sp³-hybridized carbons (Fsp3) is 0.308. The van der Waals surface area contributed by atoms with E-state index in [4.69, 9.17) is 10.9 Å². The van der Waals surface area contributed by atoms with Gasteiger partial charge in [-0.15, -0.1) is 0 Å². The number of aromatic nitrogens is 3. The van der Waals surface area contributed by atoms with Gasteiger partial charge in [0.05, 0.1) is 17.6 Å². The Hall–Kier alpha value is -2.37. The lowest BCUT2D eigenvalue weighted by molar-refractivity contribution is 0.318. The van der Waals surface area contributed by atoms with Crippen molar-refractivity contribution in [3.63, 3.8) is 0 Å². The minimum absolute atomic E-state index is 0.0491. The fourth-order valence-corrected chi connectivity index (χ4v) is 1.93. The van der Waals surface area contributed by atoms with E-state index in [1.807, 2.05) is 0 Å². The van der Waals surface area contributed by atoms with Crippen LogP contribution < -0.4 is 5.73 Å². The highest BCUT2D eigenvalue weighted by Gasteiger charge is 2.13. The van der Waals surface area contributed by atoms with Gasteiger partial charge in [-0.05, 0) is 25.0 Å². The van der Waals surface area contributed by atoms with Crippen LogP contribution in [0.2, 0.25) is 0 Å². The van der Waals surface area contributed by atoms with Crippen LogP contribution in [0.15, 0.2) is 29.7 Å². The van der Waals surface area contributed by atoms with E-state index < -0.39 is 0 Å². The molecule has 0 unspecified atom stereocenters. The van der Waals surface area contributed by atoms with Crippen LogP contribution in [0.1, 0.15) is 30.8 Å². The Bertz CT molecular complexity index is 603. The summed E-state index contributed by atoms with van der Waals surface area (Å²) in [7, 11) is 0. The predicted octanol–water partition coefficient (Wildman–Crippen LogP) is 1.49. The minimum Gasteiger partial charge on any atom is -0.409 e. The van der Waals surface area contributed by atoms with Gasteiger partial charge in [-0.1, -0.05) is 19.0 Å². The lowest BCUT2D eigenvalue weighted by atomic mass is 10.2. The summed E-state index contributed by atoms with van der Waals surface area (Å²) >= 11 is 0. The third kappa shape index (κ3) is 2.42. The van der Waals surface area contributed by atoms with Crippen LogP contribution >= 0.6 is 0 Å². The van der Waals surface area contributed by atoms with Gasteiger partial charge in [0.15, 0.2) is 5.84 Å². The van der Waals surface area contributed by atoms with Gasteiger partial charge < -0.3 is 10.9 Å². The molecule has 0 bridgehead atoms. The number of nitrogens with zero attached hydrogens (tertiary/aromatic N) is 4. The lowest BCUT2D eigenvalue weighted by Gasteiger charge is -2.10. The first-order chi connectivity index (χ1) is 9.21. The molecule has 19 heavy (non-hydrogen) atoms. The van der Waals surface area contributed by atoms with Crippen molar-refractivity contribution in [3.05, 3.63) is 41.5 Å². The molecule has 0 aromatic carbocycles. The van der Waals surface area contributed by atoms with Gasteiger partial charge >= 0.3 is 0 Å². The van der Waals surface area contributed by atoms with Crippen molar-refractivity contribution in [2.24, 2.45) is 10.9 Å². The monoisotopic (exact) mass is 259 g/mol. The minimum atomic E-state index is 0.0491. The number of amidine groups is 1. The van der Waals surface area contributed by atoms with Crippen molar-refractivity contribution >= 4 is 5.84 Å². The molecule has 6 heteroatoms. The first-order valence-corrected chi connectivity index (χ1v) is 6.21. The van der Waals surface area contributed by atoms with Crippen LogP contribution in [0.5, 0.6) is 0 Å². The summed E-state index contributed by atoms with van der Waals surface area (Å²) < 4.78 is 1.80. The summed E-state index contributed by atoms with van der Waals surface area (Å²) in [5.41, 5.74) is 9.09. The molecular formula is C13H17N5O. The lowest BCUT2D eigenvalue weighted by Crippen LogP contribution is -2.17. The molecule has 6 nitrogen and oxygen atoms in total. The van der Waals surface area contributed by atoms with Gasteiger partial charge in [-0.25, -0.2) is 4.68 Å². The average molecular weight is 259 g/mol. The molecule has 0 aliphatic carbocycles. The summed E-state index contributed by atoms with van der Waals surface area (Å²) in [5, 5.41) is 16.4. The summed E-state index contributed by atoms with van der Waals surface area (Å²) in [6.07, 6.45) is 4.97. The molecule has 0 aliphatic heterocycles. The molecule has 0 aliphatic rings. The van der Waals surface area contributed by atoms with Crippen molar-refractivity contribution in [1.82, 2.24) is 14.8 Å². The first kappa shape index (κ1) is 13.1. The molecule has 2 aromatic heterocycles. The molecule has 3 N–H and O–H groups in total. The largest absolute Gasteiger partial charge is 0.409 e. The Balaban J connectivity index is 2.61. The molecular weight excluding hydrogens is 242 g/mol. The smallest absolute Gasteiger partial charge is 0.172 e. The maximum atomic E-state index is 8.85. The quantitative estimate of drug-likeness (QED) is 0.377. The predicted molar refractivity (Wildman–Crippen MR) is 72.6 cm³/mol. The first-order valence-electron chi connectivity index (χ1n) is 6.21. The molecule has 0 atom stereocenters.